The highest BCUT2D eigenvalue weighted by Gasteiger charge is 2.23. The first kappa shape index (κ1) is 19.1. The lowest BCUT2D eigenvalue weighted by Crippen LogP contribution is -2.38. The Kier molecular flexibility index (Phi) is 5.57. The molecule has 1 heterocycles. The highest BCUT2D eigenvalue weighted by atomic mass is 32.2. The van der Waals surface area contributed by atoms with E-state index in [0.29, 0.717) is 6.54 Å². The Morgan fingerprint density at radius 1 is 1.15 bits per heavy atom. The zero-order valence-electron chi connectivity index (χ0n) is 14.8. The van der Waals surface area contributed by atoms with Gasteiger partial charge >= 0.3 is 5.97 Å². The number of fused-ring (bicyclic) bond motifs is 1. The molecule has 0 saturated heterocycles. The topological polar surface area (TPSA) is 92.8 Å². The normalized spacial score (nSPS) is 13.7. The minimum Gasteiger partial charge on any atom is -0.452 e. The number of ether oxygens (including phenoxy) is 1. The second kappa shape index (κ2) is 7.89. The fraction of sp³-hybridized carbons (Fsp3) is 0.263. The van der Waals surface area contributed by atoms with Crippen molar-refractivity contribution in [3.05, 3.63) is 59.7 Å². The average Bonchev–Trinajstić information content (AvgIpc) is 2.71. The van der Waals surface area contributed by atoms with Gasteiger partial charge in [-0.15, -0.1) is 0 Å². The summed E-state index contributed by atoms with van der Waals surface area (Å²) in [5.74, 6) is -1.06. The lowest BCUT2D eigenvalue weighted by Gasteiger charge is -2.29. The Bertz CT molecular complexity index is 972. The van der Waals surface area contributed by atoms with Gasteiger partial charge in [0.05, 0.1) is 10.5 Å². The second-order valence-corrected chi connectivity index (χ2v) is 7.98. The maximum atomic E-state index is 12.5. The molecule has 0 unspecified atom stereocenters. The second-order valence-electron chi connectivity index (χ2n) is 6.09. The number of benzene rings is 2. The Labute approximate surface area is 158 Å². The first-order chi connectivity index (χ1) is 12.9. The molecule has 0 aromatic heterocycles. The molecular weight excluding hydrogens is 368 g/mol. The third-order valence-electron chi connectivity index (χ3n) is 4.39. The third-order valence-corrected chi connectivity index (χ3v) is 5.80. The molecule has 0 bridgehead atoms. The van der Waals surface area contributed by atoms with Crippen LogP contribution in [0.25, 0.3) is 0 Å². The van der Waals surface area contributed by atoms with Gasteiger partial charge in [0.1, 0.15) is 0 Å². The summed E-state index contributed by atoms with van der Waals surface area (Å²) in [6.07, 6.45) is 1.76. The number of nitrogens with zero attached hydrogens (tertiary/aromatic N) is 1. The fourth-order valence-corrected chi connectivity index (χ4v) is 3.76. The van der Waals surface area contributed by atoms with Crippen molar-refractivity contribution in [2.45, 2.75) is 17.7 Å². The van der Waals surface area contributed by atoms with Crippen molar-refractivity contribution < 1.29 is 22.7 Å². The van der Waals surface area contributed by atoms with Gasteiger partial charge in [-0.05, 0) is 49.7 Å². The Hall–Kier alpha value is -2.71. The first-order valence-corrected chi connectivity index (χ1v) is 10.00. The quantitative estimate of drug-likeness (QED) is 0.788. The van der Waals surface area contributed by atoms with E-state index in [1.165, 1.54) is 31.3 Å². The number of hydrogen-bond donors (Lipinski definition) is 1. The number of rotatable bonds is 5. The highest BCUT2D eigenvalue weighted by molar-refractivity contribution is 7.89. The predicted molar refractivity (Wildman–Crippen MR) is 100 cm³/mol. The number of carbonyl (C=O) groups is 2. The van der Waals surface area contributed by atoms with Gasteiger partial charge in [0.25, 0.3) is 5.91 Å². The molecule has 1 N–H and O–H groups in total. The van der Waals surface area contributed by atoms with Gasteiger partial charge in [-0.1, -0.05) is 24.3 Å². The number of hydrogen-bond acceptors (Lipinski definition) is 5. The smallest absolute Gasteiger partial charge is 0.338 e. The molecule has 1 aliphatic rings. The maximum absolute atomic E-state index is 12.5. The third kappa shape index (κ3) is 4.17. The number of amides is 1. The van der Waals surface area contributed by atoms with Crippen molar-refractivity contribution in [1.82, 2.24) is 4.72 Å². The average molecular weight is 388 g/mol. The summed E-state index contributed by atoms with van der Waals surface area (Å²) in [6.45, 7) is 0.166. The van der Waals surface area contributed by atoms with E-state index >= 15 is 0 Å². The van der Waals surface area contributed by atoms with Crippen molar-refractivity contribution in [2.24, 2.45) is 0 Å². The molecule has 0 aliphatic carbocycles. The van der Waals surface area contributed by atoms with Gasteiger partial charge in [-0.25, -0.2) is 17.9 Å². The molecule has 8 heteroatoms. The zero-order chi connectivity index (χ0) is 19.4. The number of nitrogens with one attached hydrogen (secondary N) is 1. The van der Waals surface area contributed by atoms with Crippen molar-refractivity contribution in [1.29, 1.82) is 0 Å². The predicted octanol–water partition coefficient (Wildman–Crippen LogP) is 1.73. The van der Waals surface area contributed by atoms with Crippen molar-refractivity contribution in [3.8, 4) is 0 Å². The van der Waals surface area contributed by atoms with E-state index in [2.05, 4.69) is 4.72 Å². The summed E-state index contributed by atoms with van der Waals surface area (Å²) in [5.41, 5.74) is 2.00. The molecular formula is C19H20N2O5S. The summed E-state index contributed by atoms with van der Waals surface area (Å²) >= 11 is 0. The lowest BCUT2D eigenvalue weighted by molar-refractivity contribution is -0.121. The van der Waals surface area contributed by atoms with Crippen LogP contribution in [0.3, 0.4) is 0 Å². The summed E-state index contributed by atoms with van der Waals surface area (Å²) in [7, 11) is -2.38. The molecule has 27 heavy (non-hydrogen) atoms. The van der Waals surface area contributed by atoms with Crippen LogP contribution in [0.2, 0.25) is 0 Å². The van der Waals surface area contributed by atoms with E-state index < -0.39 is 22.6 Å². The number of anilines is 1. The van der Waals surface area contributed by atoms with Gasteiger partial charge in [0, 0.05) is 12.2 Å². The van der Waals surface area contributed by atoms with Gasteiger partial charge in [0.15, 0.2) is 6.61 Å². The van der Waals surface area contributed by atoms with Crippen LogP contribution in [0, 0.1) is 0 Å². The number of carbonyl (C=O) groups excluding carboxylic acids is 2. The van der Waals surface area contributed by atoms with Crippen LogP contribution in [-0.2, 0) is 26.0 Å². The minimum atomic E-state index is -3.67. The van der Waals surface area contributed by atoms with Crippen molar-refractivity contribution >= 4 is 27.6 Å². The van der Waals surface area contributed by atoms with E-state index in [1.54, 1.807) is 4.90 Å². The summed E-state index contributed by atoms with van der Waals surface area (Å²) in [4.78, 5) is 26.3. The Balaban J connectivity index is 1.68. The largest absolute Gasteiger partial charge is 0.452 e. The van der Waals surface area contributed by atoms with E-state index in [4.69, 9.17) is 4.74 Å². The first-order valence-electron chi connectivity index (χ1n) is 8.51. The van der Waals surface area contributed by atoms with Crippen LogP contribution in [0.1, 0.15) is 22.3 Å². The molecule has 1 amide bonds. The Morgan fingerprint density at radius 2 is 1.93 bits per heavy atom. The molecule has 2 aromatic rings. The van der Waals surface area contributed by atoms with Crippen LogP contribution in [0.4, 0.5) is 5.69 Å². The van der Waals surface area contributed by atoms with E-state index in [9.17, 15) is 18.0 Å². The molecule has 0 radical (unpaired) electrons. The monoisotopic (exact) mass is 388 g/mol. The van der Waals surface area contributed by atoms with Gasteiger partial charge in [-0.3, -0.25) is 4.79 Å². The lowest BCUT2D eigenvalue weighted by atomic mass is 10.0. The van der Waals surface area contributed by atoms with Crippen LogP contribution in [-0.4, -0.2) is 40.5 Å². The number of para-hydroxylation sites is 1. The molecule has 3 rings (SSSR count). The molecule has 0 saturated carbocycles. The molecule has 0 atom stereocenters. The Morgan fingerprint density at radius 3 is 2.70 bits per heavy atom. The maximum Gasteiger partial charge on any atom is 0.338 e. The van der Waals surface area contributed by atoms with Crippen LogP contribution in [0.15, 0.2) is 53.4 Å². The highest BCUT2D eigenvalue weighted by Crippen LogP contribution is 2.26. The molecule has 1 aliphatic heterocycles. The van der Waals surface area contributed by atoms with Crippen LogP contribution < -0.4 is 9.62 Å². The standard InChI is InChI=1S/C19H20N2O5S/c1-20-27(24,25)16-9-4-7-15(12-16)19(23)26-13-18(22)21-11-5-8-14-6-2-3-10-17(14)21/h2-4,6-7,9-10,12,20H,5,8,11,13H2,1H3. The van der Waals surface area contributed by atoms with Gasteiger partial charge in [0.2, 0.25) is 10.0 Å². The van der Waals surface area contributed by atoms with Crippen LogP contribution in [0.5, 0.6) is 0 Å². The number of esters is 1. The molecule has 142 valence electrons. The minimum absolute atomic E-state index is 0.0456. The zero-order valence-corrected chi connectivity index (χ0v) is 15.7. The van der Waals surface area contributed by atoms with E-state index in [-0.39, 0.29) is 16.4 Å². The summed E-state index contributed by atoms with van der Waals surface area (Å²) < 4.78 is 31.0. The number of aryl methyl sites for hydroxylation is 1. The molecule has 2 aromatic carbocycles. The van der Waals surface area contributed by atoms with Crippen LogP contribution >= 0.6 is 0 Å². The SMILES string of the molecule is CNS(=O)(=O)c1cccc(C(=O)OCC(=O)N2CCCc3ccccc32)c1. The summed E-state index contributed by atoms with van der Waals surface area (Å²) in [5, 5.41) is 0. The van der Waals surface area contributed by atoms with E-state index in [1.807, 2.05) is 24.3 Å². The molecule has 7 nitrogen and oxygen atoms in total. The fourth-order valence-electron chi connectivity index (χ4n) is 2.99. The molecule has 0 fully saturated rings. The summed E-state index contributed by atoms with van der Waals surface area (Å²) in [6, 6.07) is 13.1. The molecule has 0 spiro atoms. The van der Waals surface area contributed by atoms with Gasteiger partial charge in [-0.2, -0.15) is 0 Å². The van der Waals surface area contributed by atoms with Crippen molar-refractivity contribution in [3.63, 3.8) is 0 Å². The van der Waals surface area contributed by atoms with Crippen molar-refractivity contribution in [2.75, 3.05) is 25.1 Å². The van der Waals surface area contributed by atoms with E-state index in [0.717, 1.165) is 24.1 Å². The number of sulfonamides is 1. The van der Waals surface area contributed by atoms with Gasteiger partial charge < -0.3 is 9.64 Å².